The van der Waals surface area contributed by atoms with Gasteiger partial charge in [-0.3, -0.25) is 0 Å². The summed E-state index contributed by atoms with van der Waals surface area (Å²) in [6.45, 7) is 11.4. The van der Waals surface area contributed by atoms with Crippen molar-refractivity contribution in [2.24, 2.45) is 0 Å². The summed E-state index contributed by atoms with van der Waals surface area (Å²) in [5, 5.41) is 3.39. The van der Waals surface area contributed by atoms with Crippen LogP contribution in [0.1, 0.15) is 31.4 Å². The van der Waals surface area contributed by atoms with Crippen molar-refractivity contribution in [1.29, 1.82) is 0 Å². The topological polar surface area (TPSA) is 24.5 Å². The molecule has 0 bridgehead atoms. The van der Waals surface area contributed by atoms with E-state index in [2.05, 4.69) is 49.2 Å². The average molecular weight is 264 g/mol. The Balaban J connectivity index is 2.62. The van der Waals surface area contributed by atoms with Crippen molar-refractivity contribution < 1.29 is 4.74 Å². The molecule has 3 nitrogen and oxygen atoms in total. The lowest BCUT2D eigenvalue weighted by Crippen LogP contribution is -2.24. The van der Waals surface area contributed by atoms with Gasteiger partial charge in [0, 0.05) is 39.0 Å². The monoisotopic (exact) mass is 264 g/mol. The van der Waals surface area contributed by atoms with Gasteiger partial charge < -0.3 is 15.0 Å². The van der Waals surface area contributed by atoms with Crippen LogP contribution in [0.5, 0.6) is 0 Å². The van der Waals surface area contributed by atoms with Gasteiger partial charge >= 0.3 is 0 Å². The minimum Gasteiger partial charge on any atom is -0.383 e. The maximum Gasteiger partial charge on any atom is 0.0587 e. The van der Waals surface area contributed by atoms with E-state index in [1.165, 1.54) is 23.2 Å². The van der Waals surface area contributed by atoms with Crippen LogP contribution in [0.3, 0.4) is 0 Å². The second-order valence-corrected chi connectivity index (χ2v) is 4.86. The molecule has 0 amide bonds. The average Bonchev–Trinajstić information content (AvgIpc) is 2.42. The molecule has 0 spiro atoms. The number of methoxy groups -OCH3 is 1. The van der Waals surface area contributed by atoms with Gasteiger partial charge in [-0.1, -0.05) is 13.0 Å². The molecule has 0 saturated heterocycles. The molecular formula is C16H28N2O. The summed E-state index contributed by atoms with van der Waals surface area (Å²) in [5.74, 6) is 0. The third-order valence-corrected chi connectivity index (χ3v) is 3.36. The second kappa shape index (κ2) is 8.94. The quantitative estimate of drug-likeness (QED) is 0.694. The molecule has 1 rings (SSSR count). The molecule has 0 unspecified atom stereocenters. The van der Waals surface area contributed by atoms with E-state index >= 15 is 0 Å². The van der Waals surface area contributed by atoms with Crippen LogP contribution in [0, 0.1) is 6.92 Å². The normalized spacial score (nSPS) is 10.7. The number of nitrogens with zero attached hydrogens (tertiary/aromatic N) is 1. The summed E-state index contributed by atoms with van der Waals surface area (Å²) < 4.78 is 5.03. The number of rotatable bonds is 9. The van der Waals surface area contributed by atoms with Gasteiger partial charge in [-0.15, -0.1) is 0 Å². The smallest absolute Gasteiger partial charge is 0.0587 e. The number of hydrogen-bond donors (Lipinski definition) is 1. The lowest BCUT2D eigenvalue weighted by molar-refractivity contribution is 0.199. The highest BCUT2D eigenvalue weighted by molar-refractivity contribution is 5.50. The molecule has 3 heteroatoms. The molecule has 0 saturated carbocycles. The third-order valence-electron chi connectivity index (χ3n) is 3.36. The maximum absolute atomic E-state index is 5.03. The molecular weight excluding hydrogens is 236 g/mol. The molecule has 0 radical (unpaired) electrons. The van der Waals surface area contributed by atoms with Crippen LogP contribution in [-0.4, -0.2) is 33.4 Å². The van der Waals surface area contributed by atoms with Gasteiger partial charge in [0.25, 0.3) is 0 Å². The molecule has 19 heavy (non-hydrogen) atoms. The second-order valence-electron chi connectivity index (χ2n) is 4.86. The molecule has 0 aliphatic rings. The number of aryl methyl sites for hydroxylation is 1. The van der Waals surface area contributed by atoms with Crippen molar-refractivity contribution >= 4 is 5.69 Å². The minimum atomic E-state index is 0.761. The van der Waals surface area contributed by atoms with E-state index in [0.29, 0.717) is 0 Å². The minimum absolute atomic E-state index is 0.761. The number of hydrogen-bond acceptors (Lipinski definition) is 3. The van der Waals surface area contributed by atoms with Crippen molar-refractivity contribution in [1.82, 2.24) is 5.32 Å². The first-order chi connectivity index (χ1) is 9.22. The van der Waals surface area contributed by atoms with Gasteiger partial charge in [0.15, 0.2) is 0 Å². The van der Waals surface area contributed by atoms with Gasteiger partial charge in [0.1, 0.15) is 0 Å². The molecule has 1 aromatic rings. The van der Waals surface area contributed by atoms with Crippen molar-refractivity contribution in [3.63, 3.8) is 0 Å². The number of anilines is 1. The largest absolute Gasteiger partial charge is 0.383 e. The molecule has 0 heterocycles. The summed E-state index contributed by atoms with van der Waals surface area (Å²) in [4.78, 5) is 2.43. The van der Waals surface area contributed by atoms with Gasteiger partial charge in [-0.25, -0.2) is 0 Å². The van der Waals surface area contributed by atoms with Crippen LogP contribution in [0.2, 0.25) is 0 Å². The Bertz CT molecular complexity index is 366. The van der Waals surface area contributed by atoms with Gasteiger partial charge in [-0.2, -0.15) is 0 Å². The van der Waals surface area contributed by atoms with Crippen molar-refractivity contribution in [2.75, 3.05) is 38.3 Å². The Morgan fingerprint density at radius 2 is 2.05 bits per heavy atom. The Morgan fingerprint density at radius 3 is 2.63 bits per heavy atom. The van der Waals surface area contributed by atoms with E-state index < -0.39 is 0 Å². The molecule has 0 aliphatic carbocycles. The fourth-order valence-electron chi connectivity index (χ4n) is 2.21. The highest BCUT2D eigenvalue weighted by atomic mass is 16.5. The molecule has 1 N–H and O–H groups in total. The highest BCUT2D eigenvalue weighted by Crippen LogP contribution is 2.19. The van der Waals surface area contributed by atoms with E-state index in [9.17, 15) is 0 Å². The standard InChI is InChI=1S/C16H28N2O/c1-5-10-18(6-2)16-8-7-15(14(3)12-16)13-17-9-11-19-4/h7-8,12,17H,5-6,9-11,13H2,1-4H3. The summed E-state index contributed by atoms with van der Waals surface area (Å²) in [6.07, 6.45) is 1.19. The van der Waals surface area contributed by atoms with E-state index in [-0.39, 0.29) is 0 Å². The zero-order valence-corrected chi connectivity index (χ0v) is 12.8. The van der Waals surface area contributed by atoms with Crippen molar-refractivity contribution in [3.8, 4) is 0 Å². The highest BCUT2D eigenvalue weighted by Gasteiger charge is 2.05. The first kappa shape index (κ1) is 16.0. The number of ether oxygens (including phenoxy) is 1. The fourth-order valence-corrected chi connectivity index (χ4v) is 2.21. The fraction of sp³-hybridized carbons (Fsp3) is 0.625. The predicted octanol–water partition coefficient (Wildman–Crippen LogP) is 2.97. The Labute approximate surface area is 118 Å². The molecule has 0 aromatic heterocycles. The molecule has 1 aromatic carbocycles. The Morgan fingerprint density at radius 1 is 1.26 bits per heavy atom. The lowest BCUT2D eigenvalue weighted by Gasteiger charge is -2.23. The summed E-state index contributed by atoms with van der Waals surface area (Å²) in [7, 11) is 1.73. The third kappa shape index (κ3) is 5.21. The van der Waals surface area contributed by atoms with Crippen LogP contribution in [0.25, 0.3) is 0 Å². The Kier molecular flexibility index (Phi) is 7.53. The molecule has 0 fully saturated rings. The summed E-state index contributed by atoms with van der Waals surface area (Å²) in [6, 6.07) is 6.77. The Hall–Kier alpha value is -1.06. The van der Waals surface area contributed by atoms with Crippen molar-refractivity contribution in [2.45, 2.75) is 33.7 Å². The zero-order valence-electron chi connectivity index (χ0n) is 12.8. The van der Waals surface area contributed by atoms with Crippen LogP contribution in [0.4, 0.5) is 5.69 Å². The van der Waals surface area contributed by atoms with Gasteiger partial charge in [0.2, 0.25) is 0 Å². The van der Waals surface area contributed by atoms with E-state index in [0.717, 1.165) is 32.8 Å². The summed E-state index contributed by atoms with van der Waals surface area (Å²) >= 11 is 0. The molecule has 0 atom stereocenters. The predicted molar refractivity (Wildman–Crippen MR) is 82.9 cm³/mol. The SMILES string of the molecule is CCCN(CC)c1ccc(CNCCOC)c(C)c1. The lowest BCUT2D eigenvalue weighted by atomic mass is 10.1. The first-order valence-corrected chi connectivity index (χ1v) is 7.27. The zero-order chi connectivity index (χ0) is 14.1. The van der Waals surface area contributed by atoms with Crippen LogP contribution in [-0.2, 0) is 11.3 Å². The van der Waals surface area contributed by atoms with Crippen molar-refractivity contribution in [3.05, 3.63) is 29.3 Å². The molecule has 0 aliphatic heterocycles. The first-order valence-electron chi connectivity index (χ1n) is 7.27. The van der Waals surface area contributed by atoms with Gasteiger partial charge in [-0.05, 0) is 43.5 Å². The van der Waals surface area contributed by atoms with Crippen LogP contribution < -0.4 is 10.2 Å². The van der Waals surface area contributed by atoms with Crippen LogP contribution >= 0.6 is 0 Å². The number of benzene rings is 1. The number of nitrogens with one attached hydrogen (secondary N) is 1. The maximum atomic E-state index is 5.03. The summed E-state index contributed by atoms with van der Waals surface area (Å²) in [5.41, 5.74) is 4.06. The molecule has 108 valence electrons. The van der Waals surface area contributed by atoms with E-state index in [1.807, 2.05) is 0 Å². The van der Waals surface area contributed by atoms with E-state index in [1.54, 1.807) is 7.11 Å². The van der Waals surface area contributed by atoms with Crippen LogP contribution in [0.15, 0.2) is 18.2 Å². The van der Waals surface area contributed by atoms with Gasteiger partial charge in [0.05, 0.1) is 6.61 Å². The van der Waals surface area contributed by atoms with E-state index in [4.69, 9.17) is 4.74 Å².